The average molecular weight is 479 g/mol. The maximum Gasteiger partial charge on any atom is 0.308 e. The molecule has 8 nitrogen and oxygen atoms in total. The largest absolute Gasteiger partial charge is 0.687 e. The van der Waals surface area contributed by atoms with Crippen molar-refractivity contribution in [2.24, 2.45) is 11.7 Å². The molecular formula is C20H30N4O4Y-2. The number of nitrogens with two attached hydrogens (primary N) is 1. The van der Waals surface area contributed by atoms with Crippen molar-refractivity contribution in [1.82, 2.24) is 10.6 Å². The summed E-state index contributed by atoms with van der Waals surface area (Å²) in [5.41, 5.74) is 6.63. The van der Waals surface area contributed by atoms with Crippen molar-refractivity contribution in [3.05, 3.63) is 42.6 Å². The zero-order valence-corrected chi connectivity index (χ0v) is 19.9. The van der Waals surface area contributed by atoms with Crippen LogP contribution in [0.5, 0.6) is 0 Å². The first kappa shape index (κ1) is 27.5. The molecule has 1 aromatic rings. The summed E-state index contributed by atoms with van der Waals surface area (Å²) in [6.45, 7) is 0.394. The normalized spacial score (nSPS) is 18.6. The molecule has 2 rings (SSSR count). The number of hydrogen-bond donors (Lipinski definition) is 4. The summed E-state index contributed by atoms with van der Waals surface area (Å²) in [4.78, 5) is 36.5. The molecule has 3 unspecified atom stereocenters. The van der Waals surface area contributed by atoms with Crippen LogP contribution in [0.15, 0.2) is 24.3 Å². The number of carboxylic acid groups (broad SMARTS) is 1. The maximum absolute atomic E-state index is 12.7. The molecule has 0 aliphatic heterocycles. The van der Waals surface area contributed by atoms with Crippen LogP contribution in [0.25, 0.3) is 5.32 Å². The fourth-order valence-electron chi connectivity index (χ4n) is 3.33. The minimum atomic E-state index is -0.902. The van der Waals surface area contributed by atoms with E-state index in [2.05, 4.69) is 16.0 Å². The first-order chi connectivity index (χ1) is 13.0. The topological polar surface area (TPSA) is 136 Å². The molecule has 1 saturated carbocycles. The number of benzene rings is 1. The molecule has 0 bridgehead atoms. The molecule has 0 aromatic heterocycles. The molecule has 1 fully saturated rings. The van der Waals surface area contributed by atoms with E-state index >= 15 is 0 Å². The SMILES string of the molecule is C[N-]c1cccc(C(=O)NC(CCCN)C(=O)NC2CCCC2C(=O)O)c1.[CH3-].[Y]. The summed E-state index contributed by atoms with van der Waals surface area (Å²) in [5, 5.41) is 18.9. The first-order valence-corrected chi connectivity index (χ1v) is 9.20. The van der Waals surface area contributed by atoms with E-state index in [1.54, 1.807) is 31.3 Å². The third kappa shape index (κ3) is 8.03. The van der Waals surface area contributed by atoms with Crippen LogP contribution in [0.1, 0.15) is 42.5 Å². The van der Waals surface area contributed by atoms with Gasteiger partial charge in [-0.25, -0.2) is 0 Å². The van der Waals surface area contributed by atoms with Crippen LogP contribution in [-0.2, 0) is 42.3 Å². The minimum Gasteiger partial charge on any atom is -0.687 e. The van der Waals surface area contributed by atoms with Crippen molar-refractivity contribution >= 4 is 23.5 Å². The number of carbonyl (C=O) groups excluding carboxylic acids is 2. The predicted octanol–water partition coefficient (Wildman–Crippen LogP) is 1.98. The second kappa shape index (κ2) is 13.7. The van der Waals surface area contributed by atoms with Crippen LogP contribution >= 0.6 is 0 Å². The summed E-state index contributed by atoms with van der Waals surface area (Å²) < 4.78 is 0. The van der Waals surface area contributed by atoms with Gasteiger partial charge in [-0.05, 0) is 38.3 Å². The molecule has 1 radical (unpaired) electrons. The van der Waals surface area contributed by atoms with Gasteiger partial charge in [0.15, 0.2) is 0 Å². The number of hydrogen-bond acceptors (Lipinski definition) is 4. The number of aliphatic carboxylic acids is 1. The van der Waals surface area contributed by atoms with Gasteiger partial charge in [0.1, 0.15) is 6.04 Å². The van der Waals surface area contributed by atoms with E-state index in [4.69, 9.17) is 5.73 Å². The third-order valence-electron chi connectivity index (χ3n) is 4.85. The molecule has 9 heteroatoms. The number of rotatable bonds is 9. The van der Waals surface area contributed by atoms with Crippen LogP contribution in [0.3, 0.4) is 0 Å². The Morgan fingerprint density at radius 3 is 2.66 bits per heavy atom. The van der Waals surface area contributed by atoms with E-state index in [-0.39, 0.29) is 52.0 Å². The molecule has 159 valence electrons. The minimum absolute atomic E-state index is 0. The fourth-order valence-corrected chi connectivity index (χ4v) is 3.33. The molecule has 1 aliphatic rings. The van der Waals surface area contributed by atoms with Crippen LogP contribution in [-0.4, -0.2) is 48.6 Å². The summed E-state index contributed by atoms with van der Waals surface area (Å²) >= 11 is 0. The Morgan fingerprint density at radius 1 is 1.31 bits per heavy atom. The molecule has 29 heavy (non-hydrogen) atoms. The Hall–Kier alpha value is -1.51. The second-order valence-corrected chi connectivity index (χ2v) is 6.72. The summed E-state index contributed by atoms with van der Waals surface area (Å²) in [6, 6.07) is 5.63. The van der Waals surface area contributed by atoms with Crippen molar-refractivity contribution < 1.29 is 52.2 Å². The van der Waals surface area contributed by atoms with Gasteiger partial charge < -0.3 is 34.2 Å². The summed E-state index contributed by atoms with van der Waals surface area (Å²) in [6.07, 6.45) is 2.88. The van der Waals surface area contributed by atoms with Gasteiger partial charge in [-0.2, -0.15) is 0 Å². The van der Waals surface area contributed by atoms with Crippen molar-refractivity contribution in [3.63, 3.8) is 0 Å². The van der Waals surface area contributed by atoms with Gasteiger partial charge >= 0.3 is 5.97 Å². The molecule has 1 aromatic carbocycles. The van der Waals surface area contributed by atoms with Gasteiger partial charge in [0.2, 0.25) is 5.91 Å². The number of amides is 2. The first-order valence-electron chi connectivity index (χ1n) is 9.20. The Kier molecular flexibility index (Phi) is 13.0. The monoisotopic (exact) mass is 479 g/mol. The van der Waals surface area contributed by atoms with Gasteiger partial charge in [0, 0.05) is 44.3 Å². The van der Waals surface area contributed by atoms with Gasteiger partial charge in [-0.3, -0.25) is 14.4 Å². The molecular weight excluding hydrogens is 449 g/mol. The van der Waals surface area contributed by atoms with Crippen LogP contribution in [0.2, 0.25) is 0 Å². The molecule has 3 atom stereocenters. The van der Waals surface area contributed by atoms with E-state index in [0.29, 0.717) is 43.5 Å². The van der Waals surface area contributed by atoms with E-state index < -0.39 is 24.0 Å². The third-order valence-corrected chi connectivity index (χ3v) is 4.85. The molecule has 0 saturated heterocycles. The fraction of sp³-hybridized carbons (Fsp3) is 0.500. The van der Waals surface area contributed by atoms with Crippen molar-refractivity contribution in [2.45, 2.75) is 44.2 Å². The van der Waals surface area contributed by atoms with Crippen LogP contribution in [0, 0.1) is 13.3 Å². The smallest absolute Gasteiger partial charge is 0.308 e. The summed E-state index contributed by atoms with van der Waals surface area (Å²) in [5.74, 6) is -2.23. The summed E-state index contributed by atoms with van der Waals surface area (Å²) in [7, 11) is 1.63. The molecule has 1 aliphatic carbocycles. The van der Waals surface area contributed by atoms with E-state index in [1.807, 2.05) is 0 Å². The van der Waals surface area contributed by atoms with Gasteiger partial charge in [-0.15, -0.1) is 12.7 Å². The Morgan fingerprint density at radius 2 is 2.03 bits per heavy atom. The van der Waals surface area contributed by atoms with Crippen molar-refractivity contribution in [3.8, 4) is 0 Å². The van der Waals surface area contributed by atoms with Crippen molar-refractivity contribution in [1.29, 1.82) is 0 Å². The Bertz CT molecular complexity index is 686. The van der Waals surface area contributed by atoms with Gasteiger partial charge in [0.25, 0.3) is 5.91 Å². The van der Waals surface area contributed by atoms with Crippen molar-refractivity contribution in [2.75, 3.05) is 13.6 Å². The second-order valence-electron chi connectivity index (χ2n) is 6.72. The van der Waals surface area contributed by atoms with E-state index in [1.165, 1.54) is 0 Å². The van der Waals surface area contributed by atoms with Gasteiger partial charge in [0.05, 0.1) is 5.92 Å². The van der Waals surface area contributed by atoms with Crippen LogP contribution < -0.4 is 16.4 Å². The van der Waals surface area contributed by atoms with E-state index in [0.717, 1.165) is 6.42 Å². The zero-order chi connectivity index (χ0) is 19.8. The number of nitrogens with one attached hydrogen (secondary N) is 2. The van der Waals surface area contributed by atoms with Crippen LogP contribution in [0.4, 0.5) is 5.69 Å². The quantitative estimate of drug-likeness (QED) is 0.402. The zero-order valence-electron chi connectivity index (χ0n) is 17.1. The molecule has 5 N–H and O–H groups in total. The molecule has 0 heterocycles. The molecule has 0 spiro atoms. The number of nitrogens with zero attached hydrogens (tertiary/aromatic N) is 1. The Balaban J connectivity index is 0.00000392. The molecule has 2 amide bonds. The maximum atomic E-state index is 12.7. The average Bonchev–Trinajstić information content (AvgIpc) is 3.13. The predicted molar refractivity (Wildman–Crippen MR) is 108 cm³/mol. The van der Waals surface area contributed by atoms with Gasteiger partial charge in [-0.1, -0.05) is 24.6 Å². The Labute approximate surface area is 197 Å². The van der Waals surface area contributed by atoms with E-state index in [9.17, 15) is 19.5 Å². The number of carbonyl (C=O) groups is 3. The number of carboxylic acids is 1. The standard InChI is InChI=1S/C19H27N4O4.CH3.Y/c1-21-13-6-2-5-12(11-13)17(24)23-16(9-4-10-20)18(25)22-15-8-3-7-14(15)19(26)27;;/h2,5-6,11,14-16H,3-4,7-10,20H2,1H3,(H,22,25)(H,23,24)(H,26,27);1H3;/q2*-1;.